The normalized spacial score (nSPS) is 11.2. The summed E-state index contributed by atoms with van der Waals surface area (Å²) in [7, 11) is -4.35. The maximum Gasteiger partial charge on any atom is 0.274 e. The first kappa shape index (κ1) is 16.1. The van der Waals surface area contributed by atoms with Crippen LogP contribution in [0.3, 0.4) is 0 Å². The smallest absolute Gasteiger partial charge is 0.274 e. The highest BCUT2D eigenvalue weighted by Crippen LogP contribution is 2.31. The van der Waals surface area contributed by atoms with E-state index in [1.165, 1.54) is 0 Å². The molecule has 1 aromatic carbocycles. The second-order valence-electron chi connectivity index (χ2n) is 4.11. The predicted molar refractivity (Wildman–Crippen MR) is 69.4 cm³/mol. The third-order valence-corrected chi connectivity index (χ3v) is 3.20. The minimum Gasteiger partial charge on any atom is -0.489 e. The van der Waals surface area contributed by atoms with Gasteiger partial charge in [0.2, 0.25) is 10.0 Å². The number of benzene rings is 1. The molecule has 0 aliphatic carbocycles. The Bertz CT molecular complexity index is 657. The molecule has 0 heterocycles. The molecule has 0 atom stereocenters. The molecule has 0 bridgehead atoms. The number of nitrogens with zero attached hydrogens (tertiary/aromatic N) is 1. The zero-order chi connectivity index (χ0) is 15.5. The fourth-order valence-electron chi connectivity index (χ4n) is 1.34. The van der Waals surface area contributed by atoms with Gasteiger partial charge in [-0.3, -0.25) is 10.1 Å². The molecule has 0 saturated heterocycles. The quantitative estimate of drug-likeness (QED) is 0.488. The third kappa shape index (κ3) is 4.00. The van der Waals surface area contributed by atoms with Crippen LogP contribution >= 0.6 is 0 Å². The first-order valence-corrected chi connectivity index (χ1v) is 6.95. The van der Waals surface area contributed by atoms with Crippen molar-refractivity contribution >= 4 is 15.7 Å². The molecule has 9 heteroatoms. The Kier molecular flexibility index (Phi) is 4.79. The number of nitro benzene ring substituents is 1. The molecule has 20 heavy (non-hydrogen) atoms. The average molecular weight is 304 g/mol. The van der Waals surface area contributed by atoms with Gasteiger partial charge in [-0.15, -0.1) is 6.58 Å². The van der Waals surface area contributed by atoms with E-state index in [2.05, 4.69) is 6.58 Å². The predicted octanol–water partition coefficient (Wildman–Crippen LogP) is 1.73. The highest BCUT2D eigenvalue weighted by Gasteiger charge is 2.24. The lowest BCUT2D eigenvalue weighted by Gasteiger charge is -2.11. The molecule has 0 fully saturated rings. The van der Waals surface area contributed by atoms with Crippen molar-refractivity contribution in [2.75, 3.05) is 6.61 Å². The molecule has 0 aliphatic heterocycles. The first-order valence-electron chi connectivity index (χ1n) is 5.41. The summed E-state index contributed by atoms with van der Waals surface area (Å²) in [5.74, 6) is -1.79. The molecule has 0 aliphatic rings. The van der Waals surface area contributed by atoms with Crippen LogP contribution in [0.25, 0.3) is 0 Å². The SMILES string of the molecule is C=C(C)CCOc1c(F)cc([N+](=O)[O-])cc1S(N)(=O)=O. The number of nitrogens with two attached hydrogens (primary N) is 1. The summed E-state index contributed by atoms with van der Waals surface area (Å²) < 4.78 is 41.5. The fourth-order valence-corrected chi connectivity index (χ4v) is 2.04. The Morgan fingerprint density at radius 1 is 1.55 bits per heavy atom. The van der Waals surface area contributed by atoms with Crippen LogP contribution in [0.5, 0.6) is 5.75 Å². The summed E-state index contributed by atoms with van der Waals surface area (Å²) in [6, 6.07) is 1.24. The van der Waals surface area contributed by atoms with Gasteiger partial charge in [-0.2, -0.15) is 0 Å². The largest absolute Gasteiger partial charge is 0.489 e. The summed E-state index contributed by atoms with van der Waals surface area (Å²) in [6.45, 7) is 5.31. The van der Waals surface area contributed by atoms with Crippen molar-refractivity contribution in [1.29, 1.82) is 0 Å². The Labute approximate surface area is 115 Å². The highest BCUT2D eigenvalue weighted by atomic mass is 32.2. The van der Waals surface area contributed by atoms with Crippen molar-refractivity contribution in [3.05, 3.63) is 40.2 Å². The van der Waals surface area contributed by atoms with Crippen LogP contribution in [-0.4, -0.2) is 19.9 Å². The topological polar surface area (TPSA) is 113 Å². The number of hydrogen-bond acceptors (Lipinski definition) is 5. The molecule has 110 valence electrons. The van der Waals surface area contributed by atoms with E-state index in [-0.39, 0.29) is 6.61 Å². The van der Waals surface area contributed by atoms with Gasteiger partial charge in [0.15, 0.2) is 11.6 Å². The Hall–Kier alpha value is -2.00. The van der Waals surface area contributed by atoms with Gasteiger partial charge in [-0.25, -0.2) is 17.9 Å². The van der Waals surface area contributed by atoms with E-state index in [4.69, 9.17) is 9.88 Å². The van der Waals surface area contributed by atoms with Gasteiger partial charge in [0.25, 0.3) is 5.69 Å². The van der Waals surface area contributed by atoms with Crippen LogP contribution in [0.4, 0.5) is 10.1 Å². The fraction of sp³-hybridized carbons (Fsp3) is 0.273. The molecule has 0 unspecified atom stereocenters. The monoisotopic (exact) mass is 304 g/mol. The van der Waals surface area contributed by atoms with E-state index in [1.807, 2.05) is 0 Å². The van der Waals surface area contributed by atoms with E-state index in [9.17, 15) is 22.9 Å². The zero-order valence-corrected chi connectivity index (χ0v) is 11.4. The molecule has 0 radical (unpaired) electrons. The number of primary sulfonamides is 1. The second-order valence-corrected chi connectivity index (χ2v) is 5.64. The Balaban J connectivity index is 3.28. The number of non-ortho nitro benzene ring substituents is 1. The highest BCUT2D eigenvalue weighted by molar-refractivity contribution is 7.89. The van der Waals surface area contributed by atoms with E-state index in [1.54, 1.807) is 6.92 Å². The molecule has 0 amide bonds. The second kappa shape index (κ2) is 5.97. The Morgan fingerprint density at radius 3 is 2.60 bits per heavy atom. The van der Waals surface area contributed by atoms with Gasteiger partial charge in [0, 0.05) is 12.5 Å². The molecule has 0 saturated carbocycles. The molecule has 7 nitrogen and oxygen atoms in total. The third-order valence-electron chi connectivity index (χ3n) is 2.29. The van der Waals surface area contributed by atoms with E-state index >= 15 is 0 Å². The van der Waals surface area contributed by atoms with E-state index in [0.29, 0.717) is 18.6 Å². The van der Waals surface area contributed by atoms with Crippen LogP contribution in [0, 0.1) is 15.9 Å². The molecular formula is C11H13FN2O5S. The Morgan fingerprint density at radius 2 is 2.15 bits per heavy atom. The van der Waals surface area contributed by atoms with Crippen molar-refractivity contribution < 1.29 is 22.5 Å². The minimum absolute atomic E-state index is 0.0212. The van der Waals surface area contributed by atoms with E-state index < -0.39 is 37.1 Å². The summed E-state index contributed by atoms with van der Waals surface area (Å²) in [5, 5.41) is 15.5. The van der Waals surface area contributed by atoms with Crippen molar-refractivity contribution in [2.45, 2.75) is 18.2 Å². The van der Waals surface area contributed by atoms with Gasteiger partial charge in [0.05, 0.1) is 17.6 Å². The van der Waals surface area contributed by atoms with Gasteiger partial charge in [-0.1, -0.05) is 5.57 Å². The standard InChI is InChI=1S/C11H13FN2O5S/c1-7(2)3-4-19-11-9(12)5-8(14(15)16)6-10(11)20(13,17)18/h5-6H,1,3-4H2,2H3,(H2,13,17,18). The summed E-state index contributed by atoms with van der Waals surface area (Å²) >= 11 is 0. The van der Waals surface area contributed by atoms with Crippen molar-refractivity contribution in [3.63, 3.8) is 0 Å². The molecule has 0 spiro atoms. The number of rotatable bonds is 6. The number of sulfonamides is 1. The number of hydrogen-bond donors (Lipinski definition) is 1. The van der Waals surface area contributed by atoms with Crippen molar-refractivity contribution in [3.8, 4) is 5.75 Å². The first-order chi connectivity index (χ1) is 9.12. The molecule has 2 N–H and O–H groups in total. The lowest BCUT2D eigenvalue weighted by Crippen LogP contribution is -2.15. The maximum absolute atomic E-state index is 13.8. The van der Waals surface area contributed by atoms with Crippen molar-refractivity contribution in [1.82, 2.24) is 0 Å². The van der Waals surface area contributed by atoms with Gasteiger partial charge >= 0.3 is 0 Å². The summed E-state index contributed by atoms with van der Waals surface area (Å²) in [4.78, 5) is 8.92. The number of ether oxygens (including phenoxy) is 1. The van der Waals surface area contributed by atoms with E-state index in [0.717, 1.165) is 5.57 Å². The van der Waals surface area contributed by atoms with Gasteiger partial charge < -0.3 is 4.74 Å². The van der Waals surface area contributed by atoms with Crippen LogP contribution in [-0.2, 0) is 10.0 Å². The maximum atomic E-state index is 13.8. The average Bonchev–Trinajstić information content (AvgIpc) is 2.28. The van der Waals surface area contributed by atoms with Crippen molar-refractivity contribution in [2.24, 2.45) is 5.14 Å². The number of halogens is 1. The minimum atomic E-state index is -4.35. The number of nitro groups is 1. The summed E-state index contributed by atoms with van der Waals surface area (Å²) in [6.07, 6.45) is 0.375. The van der Waals surface area contributed by atoms with Gasteiger partial charge in [-0.05, 0) is 6.92 Å². The van der Waals surface area contributed by atoms with Crippen LogP contribution < -0.4 is 9.88 Å². The molecule has 1 aromatic rings. The summed E-state index contributed by atoms with van der Waals surface area (Å²) in [5.41, 5.74) is 0.0308. The lowest BCUT2D eigenvalue weighted by molar-refractivity contribution is -0.385. The van der Waals surface area contributed by atoms with Crippen LogP contribution in [0.15, 0.2) is 29.2 Å². The molecule has 0 aromatic heterocycles. The van der Waals surface area contributed by atoms with Gasteiger partial charge in [0.1, 0.15) is 4.90 Å². The zero-order valence-electron chi connectivity index (χ0n) is 10.6. The van der Waals surface area contributed by atoms with Crippen LogP contribution in [0.1, 0.15) is 13.3 Å². The lowest BCUT2D eigenvalue weighted by atomic mass is 10.2. The van der Waals surface area contributed by atoms with Crippen LogP contribution in [0.2, 0.25) is 0 Å². The molecule has 1 rings (SSSR count). The molecular weight excluding hydrogens is 291 g/mol.